The third-order valence-corrected chi connectivity index (χ3v) is 5.50. The number of carbonyl (C=O) groups is 3. The molecule has 2 fully saturated rings. The van der Waals surface area contributed by atoms with E-state index in [1.165, 1.54) is 0 Å². The highest BCUT2D eigenvalue weighted by Crippen LogP contribution is 2.42. The number of likely N-dealkylation sites (tertiary alicyclic amines) is 2. The molecular formula is C21H36N2O5. The maximum Gasteiger partial charge on any atom is 0.410 e. The van der Waals surface area contributed by atoms with Crippen LogP contribution < -0.4 is 0 Å². The smallest absolute Gasteiger partial charge is 0.410 e. The van der Waals surface area contributed by atoms with Gasteiger partial charge < -0.3 is 19.3 Å². The molecule has 2 aliphatic heterocycles. The number of amides is 2. The molecule has 0 radical (unpaired) electrons. The zero-order chi connectivity index (χ0) is 21.1. The lowest BCUT2D eigenvalue weighted by atomic mass is 9.85. The second-order valence-corrected chi connectivity index (χ2v) is 9.39. The molecular weight excluding hydrogens is 360 g/mol. The number of unbranched alkanes of at least 4 members (excludes halogenated alkanes) is 1. The lowest BCUT2D eigenvalue weighted by Gasteiger charge is -2.31. The summed E-state index contributed by atoms with van der Waals surface area (Å²) in [6.07, 6.45) is 2.65. The van der Waals surface area contributed by atoms with Gasteiger partial charge in [-0.05, 0) is 46.0 Å². The number of nitrogens with zero attached hydrogens (tertiary/aromatic N) is 2. The van der Waals surface area contributed by atoms with Gasteiger partial charge in [0.05, 0.1) is 12.0 Å². The highest BCUT2D eigenvalue weighted by Gasteiger charge is 2.54. The van der Waals surface area contributed by atoms with Crippen LogP contribution in [0, 0.1) is 11.3 Å². The molecule has 2 amide bonds. The van der Waals surface area contributed by atoms with Gasteiger partial charge in [0, 0.05) is 19.6 Å². The fraction of sp³-hybridized carbons (Fsp3) is 0.857. The number of rotatable bonds is 6. The number of ether oxygens (including phenoxy) is 2. The van der Waals surface area contributed by atoms with Crippen molar-refractivity contribution in [1.82, 2.24) is 9.80 Å². The van der Waals surface area contributed by atoms with Crippen molar-refractivity contribution in [3.63, 3.8) is 0 Å². The third-order valence-electron chi connectivity index (χ3n) is 5.50. The van der Waals surface area contributed by atoms with E-state index in [0.29, 0.717) is 39.1 Å². The molecule has 0 aromatic heterocycles. The van der Waals surface area contributed by atoms with E-state index in [2.05, 4.69) is 0 Å². The Morgan fingerprint density at radius 3 is 2.39 bits per heavy atom. The summed E-state index contributed by atoms with van der Waals surface area (Å²) >= 11 is 0. The standard InChI is InChI=1S/C21H36N2O5/c1-7-8-13-27-17(24)16(15(2)3)23-12-10-21(18(23)25)9-11-22(14-21)19(26)28-20(4,5)6/h15-16H,7-14H2,1-6H3/t16-,21-/m0/s1. The zero-order valence-corrected chi connectivity index (χ0v) is 18.2. The Morgan fingerprint density at radius 2 is 1.82 bits per heavy atom. The first-order chi connectivity index (χ1) is 13.0. The minimum Gasteiger partial charge on any atom is -0.464 e. The van der Waals surface area contributed by atoms with Crippen molar-refractivity contribution < 1.29 is 23.9 Å². The fourth-order valence-corrected chi connectivity index (χ4v) is 4.01. The molecule has 7 nitrogen and oxygen atoms in total. The molecule has 1 spiro atoms. The van der Waals surface area contributed by atoms with E-state index in [4.69, 9.17) is 9.47 Å². The first-order valence-electron chi connectivity index (χ1n) is 10.5. The lowest BCUT2D eigenvalue weighted by molar-refractivity contribution is -0.157. The van der Waals surface area contributed by atoms with Gasteiger partial charge in [-0.15, -0.1) is 0 Å². The van der Waals surface area contributed by atoms with Crippen LogP contribution in [0.2, 0.25) is 0 Å². The van der Waals surface area contributed by atoms with Gasteiger partial charge in [-0.1, -0.05) is 27.2 Å². The van der Waals surface area contributed by atoms with Crippen LogP contribution in [0.1, 0.15) is 67.2 Å². The predicted octanol–water partition coefficient (Wildman–Crippen LogP) is 3.21. The summed E-state index contributed by atoms with van der Waals surface area (Å²) in [6.45, 7) is 13.2. The molecule has 28 heavy (non-hydrogen) atoms. The van der Waals surface area contributed by atoms with E-state index in [9.17, 15) is 14.4 Å². The van der Waals surface area contributed by atoms with Crippen molar-refractivity contribution >= 4 is 18.0 Å². The van der Waals surface area contributed by atoms with Gasteiger partial charge in [-0.2, -0.15) is 0 Å². The van der Waals surface area contributed by atoms with E-state index in [0.717, 1.165) is 12.8 Å². The average molecular weight is 397 g/mol. The van der Waals surface area contributed by atoms with Crippen LogP contribution >= 0.6 is 0 Å². The molecule has 160 valence electrons. The van der Waals surface area contributed by atoms with Gasteiger partial charge >= 0.3 is 12.1 Å². The summed E-state index contributed by atoms with van der Waals surface area (Å²) in [6, 6.07) is -0.570. The van der Waals surface area contributed by atoms with Crippen LogP contribution in [0.15, 0.2) is 0 Å². The Bertz CT molecular complexity index is 598. The Balaban J connectivity index is 2.06. The van der Waals surface area contributed by atoms with Crippen LogP contribution in [0.3, 0.4) is 0 Å². The van der Waals surface area contributed by atoms with E-state index >= 15 is 0 Å². The van der Waals surface area contributed by atoms with Crippen LogP contribution in [0.4, 0.5) is 4.79 Å². The van der Waals surface area contributed by atoms with Crippen LogP contribution in [-0.2, 0) is 19.1 Å². The van der Waals surface area contributed by atoms with Gasteiger partial charge in [0.15, 0.2) is 0 Å². The Labute approximate surface area is 168 Å². The Hall–Kier alpha value is -1.79. The van der Waals surface area contributed by atoms with Crippen LogP contribution in [-0.4, -0.2) is 65.7 Å². The number of hydrogen-bond donors (Lipinski definition) is 0. The predicted molar refractivity (Wildman–Crippen MR) is 106 cm³/mol. The molecule has 2 rings (SSSR count). The zero-order valence-electron chi connectivity index (χ0n) is 18.2. The van der Waals surface area contributed by atoms with Gasteiger partial charge in [0.2, 0.25) is 5.91 Å². The maximum absolute atomic E-state index is 13.3. The quantitative estimate of drug-likeness (QED) is 0.509. The third kappa shape index (κ3) is 4.97. The highest BCUT2D eigenvalue weighted by atomic mass is 16.6. The average Bonchev–Trinajstić information content (AvgIpc) is 3.14. The van der Waals surface area contributed by atoms with Crippen molar-refractivity contribution in [3.05, 3.63) is 0 Å². The van der Waals surface area contributed by atoms with Gasteiger partial charge in [0.25, 0.3) is 0 Å². The van der Waals surface area contributed by atoms with Crippen molar-refractivity contribution in [3.8, 4) is 0 Å². The summed E-state index contributed by atoms with van der Waals surface area (Å²) < 4.78 is 10.9. The molecule has 0 unspecified atom stereocenters. The van der Waals surface area contributed by atoms with Gasteiger partial charge in [-0.3, -0.25) is 4.79 Å². The summed E-state index contributed by atoms with van der Waals surface area (Å²) in [4.78, 5) is 41.6. The largest absolute Gasteiger partial charge is 0.464 e. The lowest BCUT2D eigenvalue weighted by Crippen LogP contribution is -2.49. The van der Waals surface area contributed by atoms with E-state index in [1.807, 2.05) is 41.5 Å². The normalized spacial score (nSPS) is 23.6. The first-order valence-corrected chi connectivity index (χ1v) is 10.5. The Kier molecular flexibility index (Phi) is 6.99. The molecule has 0 aliphatic carbocycles. The highest BCUT2D eigenvalue weighted by molar-refractivity contribution is 5.91. The molecule has 0 bridgehead atoms. The molecule has 2 atom stereocenters. The SMILES string of the molecule is CCCCOC(=O)[C@H](C(C)C)N1CC[C@]2(CCN(C(=O)OC(C)(C)C)C2)C1=O. The number of carbonyl (C=O) groups excluding carboxylic acids is 3. The maximum atomic E-state index is 13.3. The van der Waals surface area contributed by atoms with E-state index in [-0.39, 0.29) is 23.9 Å². The number of esters is 1. The molecule has 0 saturated carbocycles. The summed E-state index contributed by atoms with van der Waals surface area (Å²) in [5.74, 6) is -0.392. The number of hydrogen-bond acceptors (Lipinski definition) is 5. The van der Waals surface area contributed by atoms with E-state index < -0.39 is 17.1 Å². The second-order valence-electron chi connectivity index (χ2n) is 9.39. The Morgan fingerprint density at radius 1 is 1.18 bits per heavy atom. The summed E-state index contributed by atoms with van der Waals surface area (Å²) in [5, 5.41) is 0. The van der Waals surface area contributed by atoms with Gasteiger partial charge in [0.1, 0.15) is 11.6 Å². The molecule has 2 aliphatic rings. The molecule has 0 aromatic rings. The second kappa shape index (κ2) is 8.70. The van der Waals surface area contributed by atoms with Crippen molar-refractivity contribution in [1.29, 1.82) is 0 Å². The molecule has 7 heteroatoms. The van der Waals surface area contributed by atoms with Gasteiger partial charge in [-0.25, -0.2) is 9.59 Å². The molecule has 2 saturated heterocycles. The van der Waals surface area contributed by atoms with Crippen molar-refractivity contribution in [2.24, 2.45) is 11.3 Å². The first kappa shape index (κ1) is 22.5. The van der Waals surface area contributed by atoms with Crippen molar-refractivity contribution in [2.45, 2.75) is 78.9 Å². The van der Waals surface area contributed by atoms with Crippen LogP contribution in [0.25, 0.3) is 0 Å². The minimum atomic E-state index is -0.603. The monoisotopic (exact) mass is 396 g/mol. The topological polar surface area (TPSA) is 76.2 Å². The fourth-order valence-electron chi connectivity index (χ4n) is 4.01. The molecule has 0 aromatic carbocycles. The summed E-state index contributed by atoms with van der Waals surface area (Å²) in [5.41, 5.74) is -1.17. The molecule has 0 N–H and O–H groups in total. The minimum absolute atomic E-state index is 0.0309. The van der Waals surface area contributed by atoms with Crippen molar-refractivity contribution in [2.75, 3.05) is 26.2 Å². The molecule has 2 heterocycles. The van der Waals surface area contributed by atoms with Crippen LogP contribution in [0.5, 0.6) is 0 Å². The van der Waals surface area contributed by atoms with E-state index in [1.54, 1.807) is 9.80 Å². The summed E-state index contributed by atoms with van der Waals surface area (Å²) in [7, 11) is 0.